The number of thioether (sulfide) groups is 1. The maximum Gasteiger partial charge on any atom is 0.469 e. The van der Waals surface area contributed by atoms with E-state index in [0.717, 1.165) is 0 Å². The molecule has 13 heteroatoms. The second kappa shape index (κ2) is 6.38. The van der Waals surface area contributed by atoms with Crippen LogP contribution in [0.15, 0.2) is 11.5 Å². The summed E-state index contributed by atoms with van der Waals surface area (Å²) in [5.74, 6) is 0.347. The predicted molar refractivity (Wildman–Crippen MR) is 96.2 cm³/mol. The first-order valence-electron chi connectivity index (χ1n) is 8.24. The molecule has 4 rings (SSSR count). The zero-order valence-electron chi connectivity index (χ0n) is 14.6. The summed E-state index contributed by atoms with van der Waals surface area (Å²) in [4.78, 5) is 31.1. The van der Waals surface area contributed by atoms with Crippen LogP contribution >= 0.6 is 19.6 Å². The molecule has 5 atom stereocenters. The first-order chi connectivity index (χ1) is 12.7. The topological polar surface area (TPSA) is 163 Å². The van der Waals surface area contributed by atoms with Crippen LogP contribution in [0.25, 0.3) is 11.2 Å². The molecule has 27 heavy (non-hydrogen) atoms. The van der Waals surface area contributed by atoms with E-state index in [4.69, 9.17) is 9.79 Å². The summed E-state index contributed by atoms with van der Waals surface area (Å²) in [6.45, 7) is -0.323. The van der Waals surface area contributed by atoms with Crippen molar-refractivity contribution in [1.82, 2.24) is 19.5 Å². The van der Waals surface area contributed by atoms with E-state index in [2.05, 4.69) is 24.8 Å². The third kappa shape index (κ3) is 2.96. The van der Waals surface area contributed by atoms with Gasteiger partial charge in [-0.25, -0.2) is 19.5 Å². The van der Waals surface area contributed by atoms with E-state index in [1.165, 1.54) is 11.8 Å². The number of nitrogens with zero attached hydrogens (tertiary/aromatic N) is 4. The molecular weight excluding hydrogens is 397 g/mol. The molecule has 2 aliphatic carbocycles. The van der Waals surface area contributed by atoms with Gasteiger partial charge in [0, 0.05) is 12.5 Å². The molecular formula is C14H20N5O6PS. The molecule has 2 aliphatic rings. The average Bonchev–Trinajstić information content (AvgIpc) is 3.14. The molecule has 0 saturated heterocycles. The van der Waals surface area contributed by atoms with Gasteiger partial charge < -0.3 is 29.9 Å². The highest BCUT2D eigenvalue weighted by Gasteiger charge is 2.72. The monoisotopic (exact) mass is 417 g/mol. The van der Waals surface area contributed by atoms with Crippen LogP contribution in [0.2, 0.25) is 0 Å². The molecule has 11 nitrogen and oxygen atoms in total. The van der Waals surface area contributed by atoms with E-state index >= 15 is 0 Å². The van der Waals surface area contributed by atoms with E-state index in [9.17, 15) is 14.8 Å². The van der Waals surface area contributed by atoms with Gasteiger partial charge in [-0.2, -0.15) is 0 Å². The van der Waals surface area contributed by atoms with Crippen LogP contribution < -0.4 is 5.32 Å². The van der Waals surface area contributed by atoms with Crippen molar-refractivity contribution in [2.75, 3.05) is 25.2 Å². The second-order valence-corrected chi connectivity index (χ2v) is 8.88. The first-order valence-corrected chi connectivity index (χ1v) is 11.0. The molecule has 2 saturated carbocycles. The van der Waals surface area contributed by atoms with Crippen LogP contribution in [0.1, 0.15) is 12.5 Å². The van der Waals surface area contributed by atoms with E-state index in [1.807, 2.05) is 6.26 Å². The van der Waals surface area contributed by atoms with Gasteiger partial charge in [0.1, 0.15) is 6.10 Å². The van der Waals surface area contributed by atoms with Crippen LogP contribution in [-0.2, 0) is 9.09 Å². The number of nitrogens with one attached hydrogen (secondary N) is 1. The van der Waals surface area contributed by atoms with Gasteiger partial charge >= 0.3 is 7.82 Å². The van der Waals surface area contributed by atoms with E-state index in [0.29, 0.717) is 28.6 Å². The van der Waals surface area contributed by atoms with Crippen LogP contribution in [0, 0.1) is 11.3 Å². The minimum Gasteiger partial charge on any atom is -0.390 e. The number of imidazole rings is 1. The van der Waals surface area contributed by atoms with Crippen molar-refractivity contribution < 1.29 is 29.1 Å². The number of hydrogen-bond acceptors (Lipinski definition) is 9. The highest BCUT2D eigenvalue weighted by atomic mass is 32.2. The average molecular weight is 417 g/mol. The highest BCUT2D eigenvalue weighted by Crippen LogP contribution is 2.68. The number of phosphoric ester groups is 1. The normalized spacial score (nSPS) is 32.7. The van der Waals surface area contributed by atoms with Crippen molar-refractivity contribution in [2.45, 2.75) is 29.8 Å². The summed E-state index contributed by atoms with van der Waals surface area (Å²) >= 11 is 1.37. The Morgan fingerprint density at radius 2 is 2.19 bits per heavy atom. The first kappa shape index (κ1) is 19.1. The zero-order chi connectivity index (χ0) is 19.6. The molecule has 5 N–H and O–H groups in total. The second-order valence-electron chi connectivity index (χ2n) is 6.87. The SMILES string of the molecule is CNc1nc(SC)nc2c1ncn2[C@H]1[C@H](O)[C@H](O)[C@]2(COP(=O)(O)O)C[C@H]12. The minimum absolute atomic E-state index is 0.211. The largest absolute Gasteiger partial charge is 0.469 e. The Morgan fingerprint density at radius 1 is 1.44 bits per heavy atom. The van der Waals surface area contributed by atoms with Gasteiger partial charge in [-0.3, -0.25) is 4.52 Å². The lowest BCUT2D eigenvalue weighted by molar-refractivity contribution is -0.0297. The van der Waals surface area contributed by atoms with Gasteiger partial charge in [0.05, 0.1) is 25.1 Å². The van der Waals surface area contributed by atoms with Crippen molar-refractivity contribution >= 4 is 36.6 Å². The van der Waals surface area contributed by atoms with Crippen molar-refractivity contribution in [2.24, 2.45) is 11.3 Å². The lowest BCUT2D eigenvalue weighted by atomic mass is 10.0. The molecule has 2 fully saturated rings. The summed E-state index contributed by atoms with van der Waals surface area (Å²) in [7, 11) is -2.94. The molecule has 0 spiro atoms. The van der Waals surface area contributed by atoms with E-state index in [-0.39, 0.29) is 12.5 Å². The molecule has 0 bridgehead atoms. The van der Waals surface area contributed by atoms with Gasteiger partial charge in [0.2, 0.25) is 0 Å². The number of rotatable bonds is 6. The van der Waals surface area contributed by atoms with Crippen LogP contribution in [0.5, 0.6) is 0 Å². The Labute approximate surface area is 158 Å². The summed E-state index contributed by atoms with van der Waals surface area (Å²) < 4.78 is 17.4. The highest BCUT2D eigenvalue weighted by molar-refractivity contribution is 7.98. The summed E-state index contributed by atoms with van der Waals surface area (Å²) in [5, 5.41) is 24.7. The molecule has 0 radical (unpaired) electrons. The Morgan fingerprint density at radius 3 is 2.81 bits per heavy atom. The molecule has 148 valence electrons. The van der Waals surface area contributed by atoms with Gasteiger partial charge in [0.15, 0.2) is 22.1 Å². The fourth-order valence-corrected chi connectivity index (χ4v) is 4.88. The minimum atomic E-state index is -4.66. The smallest absolute Gasteiger partial charge is 0.390 e. The molecule has 2 aromatic rings. The third-order valence-electron chi connectivity index (χ3n) is 5.50. The molecule has 2 aromatic heterocycles. The van der Waals surface area contributed by atoms with Gasteiger partial charge in [-0.1, -0.05) is 11.8 Å². The quantitative estimate of drug-likeness (QED) is 0.244. The van der Waals surface area contributed by atoms with Crippen molar-refractivity contribution in [3.8, 4) is 0 Å². The molecule has 0 amide bonds. The summed E-state index contributed by atoms with van der Waals surface area (Å²) in [5.41, 5.74) is 0.179. The zero-order valence-corrected chi connectivity index (χ0v) is 16.3. The number of aromatic nitrogens is 4. The lowest BCUT2D eigenvalue weighted by Gasteiger charge is -2.24. The van der Waals surface area contributed by atoms with Gasteiger partial charge in [-0.15, -0.1) is 0 Å². The van der Waals surface area contributed by atoms with E-state index < -0.39 is 31.5 Å². The number of fused-ring (bicyclic) bond motifs is 2. The van der Waals surface area contributed by atoms with Crippen molar-refractivity contribution in [1.29, 1.82) is 0 Å². The van der Waals surface area contributed by atoms with Gasteiger partial charge in [-0.05, 0) is 18.6 Å². The Kier molecular flexibility index (Phi) is 4.50. The molecule has 0 unspecified atom stereocenters. The van der Waals surface area contributed by atoms with E-state index in [1.54, 1.807) is 17.9 Å². The van der Waals surface area contributed by atoms with Crippen LogP contribution in [0.4, 0.5) is 5.82 Å². The molecule has 0 aliphatic heterocycles. The van der Waals surface area contributed by atoms with Crippen molar-refractivity contribution in [3.05, 3.63) is 6.33 Å². The lowest BCUT2D eigenvalue weighted by Crippen LogP contribution is -2.35. The van der Waals surface area contributed by atoms with Crippen LogP contribution in [-0.4, -0.2) is 71.6 Å². The predicted octanol–water partition coefficient (Wildman–Crippen LogP) is -0.0180. The fourth-order valence-electron chi connectivity index (χ4n) is 4.11. The standard InChI is InChI=1S/C14H20N5O6PS/c1-15-11-7-12(18-13(17-11)27-2)19(5-16-7)8-6-3-14(6,10(21)9(8)20)4-25-26(22,23)24/h5-6,8-10,20-21H,3-4H2,1-2H3,(H,15,17,18)(H2,22,23,24)/t6-,8-,9+,10+,14+/m1/s1. The van der Waals surface area contributed by atoms with Crippen molar-refractivity contribution in [3.63, 3.8) is 0 Å². The number of aliphatic hydroxyl groups excluding tert-OH is 2. The maximum atomic E-state index is 11.0. The summed E-state index contributed by atoms with van der Waals surface area (Å²) in [6, 6.07) is -0.528. The number of phosphoric acid groups is 1. The molecule has 0 aromatic carbocycles. The fraction of sp³-hybridized carbons (Fsp3) is 0.643. The Hall–Kier alpha value is -1.27. The third-order valence-corrected chi connectivity index (χ3v) is 6.51. The number of hydrogen-bond donors (Lipinski definition) is 5. The van der Waals surface area contributed by atoms with Gasteiger partial charge in [0.25, 0.3) is 0 Å². The number of aliphatic hydroxyl groups is 2. The van der Waals surface area contributed by atoms with Crippen LogP contribution in [0.3, 0.4) is 0 Å². The maximum absolute atomic E-state index is 11.0. The summed E-state index contributed by atoms with van der Waals surface area (Å²) in [6.07, 6.45) is 1.58. The molecule has 2 heterocycles. The number of anilines is 1. The Balaban J connectivity index is 1.71. The Bertz CT molecular complexity index is 936.